The molecular weight excluding hydrogens is 156 g/mol. The molecule has 0 fully saturated rings. The van der Waals surface area contributed by atoms with Gasteiger partial charge < -0.3 is 10.8 Å². The smallest absolute Gasteiger partial charge is 0.211 e. The minimum Gasteiger partial charge on any atom is -0.369 e. The SMILES string of the molecule is CC1=NN(C(=N)N)[C@@](C)(O)[C@H]1C. The van der Waals surface area contributed by atoms with Gasteiger partial charge in [0.25, 0.3) is 0 Å². The highest BCUT2D eigenvalue weighted by Gasteiger charge is 2.43. The van der Waals surface area contributed by atoms with Crippen molar-refractivity contribution in [2.45, 2.75) is 26.5 Å². The average molecular weight is 170 g/mol. The monoisotopic (exact) mass is 170 g/mol. The van der Waals surface area contributed by atoms with E-state index in [1.165, 1.54) is 0 Å². The van der Waals surface area contributed by atoms with Gasteiger partial charge in [-0.05, 0) is 13.8 Å². The van der Waals surface area contributed by atoms with E-state index in [0.717, 1.165) is 10.7 Å². The zero-order valence-corrected chi connectivity index (χ0v) is 7.50. The molecule has 0 unspecified atom stereocenters. The summed E-state index contributed by atoms with van der Waals surface area (Å²) in [6.07, 6.45) is 0. The van der Waals surface area contributed by atoms with Crippen LogP contribution in [0.15, 0.2) is 5.10 Å². The Morgan fingerprint density at radius 1 is 1.83 bits per heavy atom. The normalized spacial score (nSPS) is 35.2. The molecule has 0 bridgehead atoms. The van der Waals surface area contributed by atoms with Gasteiger partial charge in [0, 0.05) is 11.6 Å². The number of nitrogens with one attached hydrogen (secondary N) is 1. The van der Waals surface area contributed by atoms with Crippen molar-refractivity contribution < 1.29 is 5.11 Å². The lowest BCUT2D eigenvalue weighted by Gasteiger charge is -2.30. The molecule has 0 aromatic rings. The van der Waals surface area contributed by atoms with Crippen LogP contribution in [0.4, 0.5) is 0 Å². The zero-order chi connectivity index (χ0) is 9.52. The van der Waals surface area contributed by atoms with Crippen molar-refractivity contribution in [3.8, 4) is 0 Å². The number of hydrogen-bond acceptors (Lipinski definition) is 3. The van der Waals surface area contributed by atoms with E-state index >= 15 is 0 Å². The number of nitrogens with two attached hydrogens (primary N) is 1. The number of aliphatic hydroxyl groups is 1. The second-order valence-corrected chi connectivity index (χ2v) is 3.25. The van der Waals surface area contributed by atoms with E-state index in [0.29, 0.717) is 0 Å². The topological polar surface area (TPSA) is 85.7 Å². The van der Waals surface area contributed by atoms with E-state index < -0.39 is 5.72 Å². The molecule has 2 atom stereocenters. The Bertz CT molecular complexity index is 246. The highest BCUT2D eigenvalue weighted by atomic mass is 16.3. The minimum atomic E-state index is -1.16. The first-order chi connectivity index (χ1) is 5.37. The number of rotatable bonds is 0. The van der Waals surface area contributed by atoms with Crippen LogP contribution in [0.25, 0.3) is 0 Å². The molecule has 0 spiro atoms. The van der Waals surface area contributed by atoms with Gasteiger partial charge in [-0.1, -0.05) is 6.92 Å². The van der Waals surface area contributed by atoms with Crippen molar-refractivity contribution in [3.05, 3.63) is 0 Å². The summed E-state index contributed by atoms with van der Waals surface area (Å²) >= 11 is 0. The van der Waals surface area contributed by atoms with E-state index in [4.69, 9.17) is 11.1 Å². The summed E-state index contributed by atoms with van der Waals surface area (Å²) in [6.45, 7) is 5.25. The fourth-order valence-corrected chi connectivity index (χ4v) is 1.22. The van der Waals surface area contributed by atoms with Crippen molar-refractivity contribution in [1.82, 2.24) is 5.01 Å². The van der Waals surface area contributed by atoms with E-state index in [2.05, 4.69) is 5.10 Å². The van der Waals surface area contributed by atoms with E-state index in [9.17, 15) is 5.11 Å². The molecule has 1 aliphatic heterocycles. The lowest BCUT2D eigenvalue weighted by Crippen LogP contribution is -2.49. The molecule has 1 heterocycles. The lowest BCUT2D eigenvalue weighted by molar-refractivity contribution is -0.0618. The van der Waals surface area contributed by atoms with Crippen LogP contribution in [0.3, 0.4) is 0 Å². The predicted molar refractivity (Wildman–Crippen MR) is 46.6 cm³/mol. The van der Waals surface area contributed by atoms with Crippen LogP contribution < -0.4 is 5.73 Å². The van der Waals surface area contributed by atoms with Gasteiger partial charge in [0.2, 0.25) is 5.96 Å². The Labute approximate surface area is 71.4 Å². The van der Waals surface area contributed by atoms with Crippen molar-refractivity contribution in [2.75, 3.05) is 0 Å². The molecule has 0 aliphatic carbocycles. The Morgan fingerprint density at radius 3 is 2.50 bits per heavy atom. The molecule has 0 aromatic carbocycles. The molecule has 1 rings (SSSR count). The summed E-state index contributed by atoms with van der Waals surface area (Å²) in [5.74, 6) is -0.329. The van der Waals surface area contributed by atoms with Gasteiger partial charge in [0.05, 0.1) is 0 Å². The third kappa shape index (κ3) is 1.06. The molecular formula is C7H14N4O. The van der Waals surface area contributed by atoms with Gasteiger partial charge in [-0.2, -0.15) is 5.10 Å². The summed E-state index contributed by atoms with van der Waals surface area (Å²) in [5, 5.41) is 22.1. The first-order valence-corrected chi connectivity index (χ1v) is 3.79. The molecule has 5 nitrogen and oxygen atoms in total. The average Bonchev–Trinajstić information content (AvgIpc) is 2.13. The molecule has 12 heavy (non-hydrogen) atoms. The van der Waals surface area contributed by atoms with Crippen LogP contribution in [0.1, 0.15) is 20.8 Å². The first kappa shape index (κ1) is 8.99. The number of guanidine groups is 1. The molecule has 4 N–H and O–H groups in total. The summed E-state index contributed by atoms with van der Waals surface area (Å²) in [7, 11) is 0. The largest absolute Gasteiger partial charge is 0.369 e. The lowest BCUT2D eigenvalue weighted by atomic mass is 9.96. The Kier molecular flexibility index (Phi) is 1.83. The van der Waals surface area contributed by atoms with Crippen molar-refractivity contribution in [1.29, 1.82) is 5.41 Å². The second-order valence-electron chi connectivity index (χ2n) is 3.25. The summed E-state index contributed by atoms with van der Waals surface area (Å²) in [5.41, 5.74) is 4.87. The van der Waals surface area contributed by atoms with Gasteiger partial charge in [-0.15, -0.1) is 0 Å². The first-order valence-electron chi connectivity index (χ1n) is 3.79. The Morgan fingerprint density at radius 2 is 2.33 bits per heavy atom. The van der Waals surface area contributed by atoms with Crippen LogP contribution in [0.5, 0.6) is 0 Å². The third-order valence-corrected chi connectivity index (χ3v) is 2.36. The maximum atomic E-state index is 9.85. The molecule has 5 heteroatoms. The quantitative estimate of drug-likeness (QED) is 0.351. The molecule has 0 aromatic heterocycles. The van der Waals surface area contributed by atoms with E-state index in [1.807, 2.05) is 13.8 Å². The van der Waals surface area contributed by atoms with E-state index in [-0.39, 0.29) is 11.9 Å². The highest BCUT2D eigenvalue weighted by Crippen LogP contribution is 2.29. The van der Waals surface area contributed by atoms with Crippen LogP contribution in [-0.2, 0) is 0 Å². The minimum absolute atomic E-state index is 0.0959. The molecule has 1 aliphatic rings. The maximum absolute atomic E-state index is 9.85. The maximum Gasteiger partial charge on any atom is 0.211 e. The Hall–Kier alpha value is -1.10. The molecule has 0 saturated heterocycles. The van der Waals surface area contributed by atoms with Gasteiger partial charge in [0.15, 0.2) is 5.72 Å². The van der Waals surface area contributed by atoms with Gasteiger partial charge in [-0.3, -0.25) is 5.41 Å². The fourth-order valence-electron chi connectivity index (χ4n) is 1.22. The van der Waals surface area contributed by atoms with Crippen molar-refractivity contribution in [3.63, 3.8) is 0 Å². The Balaban J connectivity index is 2.99. The van der Waals surface area contributed by atoms with Crippen LogP contribution >= 0.6 is 0 Å². The molecule has 0 amide bonds. The highest BCUT2D eigenvalue weighted by molar-refractivity contribution is 5.90. The number of hydrogen-bond donors (Lipinski definition) is 3. The molecule has 68 valence electrons. The van der Waals surface area contributed by atoms with Crippen molar-refractivity contribution >= 4 is 11.7 Å². The van der Waals surface area contributed by atoms with Gasteiger partial charge in [0.1, 0.15) is 0 Å². The second kappa shape index (κ2) is 2.45. The van der Waals surface area contributed by atoms with Crippen molar-refractivity contribution in [2.24, 2.45) is 16.8 Å². The summed E-state index contributed by atoms with van der Waals surface area (Å²) < 4.78 is 0. The summed E-state index contributed by atoms with van der Waals surface area (Å²) in [6, 6.07) is 0. The van der Waals surface area contributed by atoms with Crippen LogP contribution in [-0.4, -0.2) is 27.5 Å². The summed E-state index contributed by atoms with van der Waals surface area (Å²) in [4.78, 5) is 0. The fraction of sp³-hybridized carbons (Fsp3) is 0.714. The predicted octanol–water partition coefficient (Wildman–Crippen LogP) is -0.0840. The standard InChI is InChI=1S/C7H14N4O/c1-4-5(2)10-11(6(8)9)7(4,3)12/h4,12H,1-3H3,(H3,8,9)/t4-,7-/m0/s1. The molecule has 0 radical (unpaired) electrons. The van der Waals surface area contributed by atoms with Gasteiger partial charge >= 0.3 is 0 Å². The third-order valence-electron chi connectivity index (χ3n) is 2.36. The van der Waals surface area contributed by atoms with Gasteiger partial charge in [-0.25, -0.2) is 5.01 Å². The number of hydrazone groups is 1. The molecule has 0 saturated carbocycles. The number of nitrogens with zero attached hydrogens (tertiary/aromatic N) is 2. The van der Waals surface area contributed by atoms with E-state index in [1.54, 1.807) is 6.92 Å². The van der Waals surface area contributed by atoms with Crippen LogP contribution in [0.2, 0.25) is 0 Å². The van der Waals surface area contributed by atoms with Crippen LogP contribution in [0, 0.1) is 11.3 Å². The zero-order valence-electron chi connectivity index (χ0n) is 7.50.